The number of hydroxylamine groups is 2. The van der Waals surface area contributed by atoms with E-state index in [1.165, 1.54) is 24.3 Å². The molecule has 0 spiro atoms. The molecule has 1 fully saturated rings. The molecule has 3 atom stereocenters. The van der Waals surface area contributed by atoms with Crippen LogP contribution in [0.3, 0.4) is 0 Å². The molecule has 3 rings (SSSR count). The van der Waals surface area contributed by atoms with Crippen LogP contribution in [0.25, 0.3) is 0 Å². The van der Waals surface area contributed by atoms with E-state index in [2.05, 4.69) is 5.32 Å². The SMILES string of the molecule is O=C(NC[C@H]1OC[C@@](O)(CN(O)C(=O)c2ccccc2)[C@@H]1O)c1ccc(F)cc1. The van der Waals surface area contributed by atoms with Crippen molar-refractivity contribution in [2.75, 3.05) is 19.7 Å². The number of carbonyl (C=O) groups excluding carboxylic acids is 2. The van der Waals surface area contributed by atoms with Crippen LogP contribution in [0, 0.1) is 5.82 Å². The molecule has 8 nitrogen and oxygen atoms in total. The van der Waals surface area contributed by atoms with Crippen LogP contribution in [-0.4, -0.2) is 69.8 Å². The molecule has 4 N–H and O–H groups in total. The molecule has 2 aromatic carbocycles. The first kappa shape index (κ1) is 20.9. The maximum Gasteiger partial charge on any atom is 0.277 e. The molecule has 2 aromatic rings. The average Bonchev–Trinajstić information content (AvgIpc) is 3.00. The lowest BCUT2D eigenvalue weighted by atomic mass is 9.96. The van der Waals surface area contributed by atoms with E-state index >= 15 is 0 Å². The molecular weight excluding hydrogens is 383 g/mol. The van der Waals surface area contributed by atoms with Gasteiger partial charge in [0.1, 0.15) is 23.6 Å². The number of halogens is 1. The molecule has 0 aliphatic carbocycles. The highest BCUT2D eigenvalue weighted by atomic mass is 19.1. The fraction of sp³-hybridized carbons (Fsp3) is 0.300. The third kappa shape index (κ3) is 4.77. The summed E-state index contributed by atoms with van der Waals surface area (Å²) in [7, 11) is 0. The first-order chi connectivity index (χ1) is 13.8. The van der Waals surface area contributed by atoms with Crippen molar-refractivity contribution < 1.29 is 34.1 Å². The van der Waals surface area contributed by atoms with Crippen molar-refractivity contribution in [1.82, 2.24) is 10.4 Å². The maximum absolute atomic E-state index is 12.9. The number of aliphatic hydroxyl groups is 2. The number of rotatable bonds is 6. The monoisotopic (exact) mass is 404 g/mol. The van der Waals surface area contributed by atoms with E-state index in [-0.39, 0.29) is 24.3 Å². The molecule has 0 radical (unpaired) electrons. The number of amides is 2. The molecule has 154 valence electrons. The van der Waals surface area contributed by atoms with Crippen LogP contribution in [0.5, 0.6) is 0 Å². The van der Waals surface area contributed by atoms with Crippen LogP contribution in [0.4, 0.5) is 4.39 Å². The summed E-state index contributed by atoms with van der Waals surface area (Å²) < 4.78 is 18.3. The van der Waals surface area contributed by atoms with Crippen LogP contribution in [0.2, 0.25) is 0 Å². The van der Waals surface area contributed by atoms with E-state index < -0.39 is 42.0 Å². The van der Waals surface area contributed by atoms with E-state index in [0.717, 1.165) is 12.1 Å². The lowest BCUT2D eigenvalue weighted by Gasteiger charge is -2.29. The number of hydrogen-bond donors (Lipinski definition) is 4. The van der Waals surface area contributed by atoms with Gasteiger partial charge in [-0.05, 0) is 36.4 Å². The normalized spacial score (nSPS) is 23.6. The molecule has 9 heteroatoms. The van der Waals surface area contributed by atoms with Gasteiger partial charge in [0.25, 0.3) is 11.8 Å². The predicted octanol–water partition coefficient (Wildman–Crippen LogP) is 0.578. The molecule has 0 aromatic heterocycles. The summed E-state index contributed by atoms with van der Waals surface area (Å²) in [6.45, 7) is -1.05. The van der Waals surface area contributed by atoms with Gasteiger partial charge in [0, 0.05) is 17.7 Å². The first-order valence-corrected chi connectivity index (χ1v) is 8.92. The minimum atomic E-state index is -1.91. The minimum Gasteiger partial charge on any atom is -0.387 e. The Morgan fingerprint density at radius 2 is 1.79 bits per heavy atom. The summed E-state index contributed by atoms with van der Waals surface area (Å²) in [4.78, 5) is 24.3. The van der Waals surface area contributed by atoms with E-state index in [0.29, 0.717) is 5.06 Å². The van der Waals surface area contributed by atoms with Gasteiger partial charge in [-0.1, -0.05) is 18.2 Å². The standard InChI is InChI=1S/C20H21FN2O6/c21-15-8-6-13(7-9-15)18(25)22-10-16-17(24)20(27,12-29-16)11-23(28)19(26)14-4-2-1-3-5-14/h1-9,16-17,24,27-28H,10-12H2,(H,22,25)/t16-,17-,20+/m1/s1. The van der Waals surface area contributed by atoms with Crippen molar-refractivity contribution in [2.45, 2.75) is 17.8 Å². The fourth-order valence-corrected chi connectivity index (χ4v) is 3.04. The number of aliphatic hydroxyl groups excluding tert-OH is 1. The molecule has 1 aliphatic rings. The Kier molecular flexibility index (Phi) is 6.23. The van der Waals surface area contributed by atoms with Crippen molar-refractivity contribution in [3.8, 4) is 0 Å². The Morgan fingerprint density at radius 3 is 2.45 bits per heavy atom. The number of carbonyl (C=O) groups is 2. The molecule has 2 amide bonds. The van der Waals surface area contributed by atoms with Crippen LogP contribution >= 0.6 is 0 Å². The Labute approximate surface area is 166 Å². The van der Waals surface area contributed by atoms with E-state index in [1.807, 2.05) is 0 Å². The van der Waals surface area contributed by atoms with Crippen LogP contribution in [0.1, 0.15) is 20.7 Å². The largest absolute Gasteiger partial charge is 0.387 e. The van der Waals surface area contributed by atoms with E-state index in [4.69, 9.17) is 4.74 Å². The molecular formula is C20H21FN2O6. The zero-order valence-electron chi connectivity index (χ0n) is 15.4. The van der Waals surface area contributed by atoms with Crippen molar-refractivity contribution >= 4 is 11.8 Å². The third-order valence-electron chi connectivity index (χ3n) is 4.70. The van der Waals surface area contributed by atoms with Gasteiger partial charge < -0.3 is 20.3 Å². The second kappa shape index (κ2) is 8.66. The maximum atomic E-state index is 12.9. The highest BCUT2D eigenvalue weighted by Gasteiger charge is 2.49. The first-order valence-electron chi connectivity index (χ1n) is 8.92. The predicted molar refractivity (Wildman–Crippen MR) is 98.7 cm³/mol. The summed E-state index contributed by atoms with van der Waals surface area (Å²) in [6.07, 6.45) is -2.42. The topological polar surface area (TPSA) is 119 Å². The van der Waals surface area contributed by atoms with Gasteiger partial charge in [-0.3, -0.25) is 14.8 Å². The number of nitrogens with one attached hydrogen (secondary N) is 1. The second-order valence-electron chi connectivity index (χ2n) is 6.84. The Hall–Kier alpha value is -2.85. The van der Waals surface area contributed by atoms with E-state index in [9.17, 15) is 29.4 Å². The zero-order chi connectivity index (χ0) is 21.0. The number of nitrogens with zero attached hydrogens (tertiary/aromatic N) is 1. The van der Waals surface area contributed by atoms with Crippen LogP contribution in [-0.2, 0) is 4.74 Å². The highest BCUT2D eigenvalue weighted by Crippen LogP contribution is 2.26. The Balaban J connectivity index is 1.56. The van der Waals surface area contributed by atoms with Gasteiger partial charge in [-0.2, -0.15) is 0 Å². The lowest BCUT2D eigenvalue weighted by Crippen LogP contribution is -2.54. The van der Waals surface area contributed by atoms with Crippen molar-refractivity contribution in [1.29, 1.82) is 0 Å². The number of hydrogen-bond acceptors (Lipinski definition) is 6. The summed E-state index contributed by atoms with van der Waals surface area (Å²) in [6, 6.07) is 12.9. The Morgan fingerprint density at radius 1 is 1.14 bits per heavy atom. The molecule has 1 aliphatic heterocycles. The molecule has 0 saturated carbocycles. The second-order valence-corrected chi connectivity index (χ2v) is 6.84. The van der Waals surface area contributed by atoms with Gasteiger partial charge >= 0.3 is 0 Å². The quantitative estimate of drug-likeness (QED) is 0.413. The van der Waals surface area contributed by atoms with Crippen molar-refractivity contribution in [2.24, 2.45) is 0 Å². The molecule has 0 bridgehead atoms. The number of benzene rings is 2. The molecule has 1 heterocycles. The summed E-state index contributed by atoms with van der Waals surface area (Å²) in [5, 5.41) is 33.9. The van der Waals surface area contributed by atoms with Gasteiger partial charge in [0.15, 0.2) is 0 Å². The summed E-state index contributed by atoms with van der Waals surface area (Å²) in [5.74, 6) is -1.71. The third-order valence-corrected chi connectivity index (χ3v) is 4.70. The van der Waals surface area contributed by atoms with Crippen LogP contribution < -0.4 is 5.32 Å². The summed E-state index contributed by atoms with van der Waals surface area (Å²) in [5.41, 5.74) is -1.47. The summed E-state index contributed by atoms with van der Waals surface area (Å²) >= 11 is 0. The zero-order valence-corrected chi connectivity index (χ0v) is 15.4. The smallest absolute Gasteiger partial charge is 0.277 e. The molecule has 0 unspecified atom stereocenters. The van der Waals surface area contributed by atoms with Gasteiger partial charge in [0.2, 0.25) is 0 Å². The van der Waals surface area contributed by atoms with Crippen molar-refractivity contribution in [3.05, 3.63) is 71.5 Å². The van der Waals surface area contributed by atoms with Gasteiger partial charge in [0.05, 0.1) is 13.2 Å². The lowest BCUT2D eigenvalue weighted by molar-refractivity contribution is -0.133. The average molecular weight is 404 g/mol. The van der Waals surface area contributed by atoms with Crippen molar-refractivity contribution in [3.63, 3.8) is 0 Å². The molecule has 29 heavy (non-hydrogen) atoms. The Bertz CT molecular complexity index is 863. The van der Waals surface area contributed by atoms with E-state index in [1.54, 1.807) is 18.2 Å². The fourth-order valence-electron chi connectivity index (χ4n) is 3.04. The van der Waals surface area contributed by atoms with Gasteiger partial charge in [-0.15, -0.1) is 0 Å². The van der Waals surface area contributed by atoms with Gasteiger partial charge in [-0.25, -0.2) is 9.45 Å². The molecule has 1 saturated heterocycles. The minimum absolute atomic E-state index is 0.127. The number of ether oxygens (including phenoxy) is 1. The highest BCUT2D eigenvalue weighted by molar-refractivity contribution is 5.94. The van der Waals surface area contributed by atoms with Crippen LogP contribution in [0.15, 0.2) is 54.6 Å².